The van der Waals surface area contributed by atoms with Gasteiger partial charge in [0.15, 0.2) is 5.57 Å². The molecule has 2 heterocycles. The predicted molar refractivity (Wildman–Crippen MR) is 114 cm³/mol. The van der Waals surface area contributed by atoms with E-state index in [1.807, 2.05) is 4.90 Å². The van der Waals surface area contributed by atoms with E-state index in [2.05, 4.69) is 5.32 Å². The van der Waals surface area contributed by atoms with Crippen LogP contribution in [0.25, 0.3) is 0 Å². The van der Waals surface area contributed by atoms with Crippen molar-refractivity contribution in [2.45, 2.75) is 46.0 Å². The first-order valence-electron chi connectivity index (χ1n) is 10.3. The number of halogens is 1. The van der Waals surface area contributed by atoms with Gasteiger partial charge in [0, 0.05) is 46.2 Å². The molecule has 1 aromatic rings. The molecule has 10 heteroatoms. The Morgan fingerprint density at radius 3 is 2.28 bits per heavy atom. The van der Waals surface area contributed by atoms with Crippen LogP contribution in [0.5, 0.6) is 0 Å². The van der Waals surface area contributed by atoms with E-state index < -0.39 is 35.2 Å². The van der Waals surface area contributed by atoms with E-state index in [4.69, 9.17) is 14.2 Å². The quantitative estimate of drug-likeness (QED) is 0.427. The molecule has 1 amide bonds. The molecule has 0 radical (unpaired) electrons. The number of rotatable bonds is 3. The highest BCUT2D eigenvalue weighted by atomic mass is 19.1. The summed E-state index contributed by atoms with van der Waals surface area (Å²) in [5, 5.41) is 2.72. The number of ether oxygens (including phenoxy) is 3. The van der Waals surface area contributed by atoms with Gasteiger partial charge < -0.3 is 29.3 Å². The number of amides is 1. The summed E-state index contributed by atoms with van der Waals surface area (Å²) in [6.45, 7) is 10.0. The molecule has 1 N–H and O–H groups in total. The summed E-state index contributed by atoms with van der Waals surface area (Å²) in [4.78, 5) is 40.0. The zero-order chi connectivity index (χ0) is 23.7. The van der Waals surface area contributed by atoms with Crippen molar-refractivity contribution in [1.29, 1.82) is 0 Å². The molecule has 9 nitrogen and oxygen atoms in total. The molecule has 1 aromatic carbocycles. The summed E-state index contributed by atoms with van der Waals surface area (Å²) in [6.07, 6.45) is 0.690. The van der Waals surface area contributed by atoms with Gasteiger partial charge in [0.1, 0.15) is 11.4 Å². The Morgan fingerprint density at radius 2 is 1.72 bits per heavy atom. The van der Waals surface area contributed by atoms with Crippen LogP contribution in [0.2, 0.25) is 0 Å². The average molecular weight is 449 g/mol. The van der Waals surface area contributed by atoms with Crippen LogP contribution < -0.4 is 10.2 Å². The number of carbonyl (C=O) groups is 3. The summed E-state index contributed by atoms with van der Waals surface area (Å²) >= 11 is 0. The predicted octanol–water partition coefficient (Wildman–Crippen LogP) is 3.01. The van der Waals surface area contributed by atoms with Crippen LogP contribution in [0.3, 0.4) is 0 Å². The Kier molecular flexibility index (Phi) is 6.34. The average Bonchev–Trinajstić information content (AvgIpc) is 2.66. The lowest BCUT2D eigenvalue weighted by Gasteiger charge is -2.37. The lowest BCUT2D eigenvalue weighted by molar-refractivity contribution is -0.222. The molecule has 0 spiro atoms. The Labute approximate surface area is 186 Å². The van der Waals surface area contributed by atoms with Gasteiger partial charge in [-0.15, -0.1) is 0 Å². The molecule has 2 fully saturated rings. The number of carbonyl (C=O) groups excluding carboxylic acids is 3. The minimum absolute atomic E-state index is 0.0937. The summed E-state index contributed by atoms with van der Waals surface area (Å²) in [5.74, 6) is -3.64. The minimum Gasteiger partial charge on any atom is -0.444 e. The smallest absolute Gasteiger partial charge is 0.410 e. The molecule has 0 unspecified atom stereocenters. The van der Waals surface area contributed by atoms with E-state index in [9.17, 15) is 18.8 Å². The molecule has 2 aliphatic rings. The second-order valence-electron chi connectivity index (χ2n) is 8.97. The normalized spacial score (nSPS) is 18.6. The standard InChI is InChI=1S/C22H28FN3O6/c1-21(2,3)32-20(29)26-11-9-25(10-12-26)16-8-6-7-15(23)17(16)24-13-14-18(27)30-22(4,5)31-19(14)28/h6-8,13,24H,9-12H2,1-5H3. The molecule has 0 aromatic heterocycles. The highest BCUT2D eigenvalue weighted by Crippen LogP contribution is 2.31. The van der Waals surface area contributed by atoms with Crippen molar-refractivity contribution in [3.8, 4) is 0 Å². The molecule has 0 aliphatic carbocycles. The second-order valence-corrected chi connectivity index (χ2v) is 8.97. The Hall–Kier alpha value is -3.30. The van der Waals surface area contributed by atoms with Gasteiger partial charge in [-0.25, -0.2) is 18.8 Å². The van der Waals surface area contributed by atoms with Crippen molar-refractivity contribution in [1.82, 2.24) is 4.90 Å². The number of anilines is 2. The third-order valence-corrected chi connectivity index (χ3v) is 4.74. The molecular weight excluding hydrogens is 421 g/mol. The summed E-state index contributed by atoms with van der Waals surface area (Å²) in [5.41, 5.74) is -0.328. The van der Waals surface area contributed by atoms with E-state index in [0.29, 0.717) is 31.9 Å². The van der Waals surface area contributed by atoms with Gasteiger partial charge in [-0.05, 0) is 32.9 Å². The van der Waals surface area contributed by atoms with Crippen LogP contribution >= 0.6 is 0 Å². The first kappa shape index (κ1) is 23.4. The minimum atomic E-state index is -1.36. The molecule has 0 saturated carbocycles. The van der Waals surface area contributed by atoms with E-state index in [1.54, 1.807) is 37.8 Å². The monoisotopic (exact) mass is 449 g/mol. The number of hydrogen-bond donors (Lipinski definition) is 1. The topological polar surface area (TPSA) is 97.4 Å². The van der Waals surface area contributed by atoms with Crippen molar-refractivity contribution in [3.63, 3.8) is 0 Å². The molecule has 0 bridgehead atoms. The van der Waals surface area contributed by atoms with Crippen LogP contribution in [-0.2, 0) is 23.8 Å². The molecule has 3 rings (SSSR count). The van der Waals surface area contributed by atoms with Crippen molar-refractivity contribution in [2.24, 2.45) is 0 Å². The summed E-state index contributed by atoms with van der Waals surface area (Å²) in [6, 6.07) is 4.55. The van der Waals surface area contributed by atoms with Crippen LogP contribution in [0.4, 0.5) is 20.6 Å². The van der Waals surface area contributed by atoms with Gasteiger partial charge in [0.05, 0.1) is 11.4 Å². The first-order valence-corrected chi connectivity index (χ1v) is 10.3. The molecule has 2 saturated heterocycles. The van der Waals surface area contributed by atoms with Gasteiger partial charge >= 0.3 is 18.0 Å². The van der Waals surface area contributed by atoms with E-state index in [0.717, 1.165) is 6.20 Å². The maximum Gasteiger partial charge on any atom is 0.410 e. The van der Waals surface area contributed by atoms with Gasteiger partial charge in [0.25, 0.3) is 5.79 Å². The lowest BCUT2D eigenvalue weighted by atomic mass is 10.2. The number of benzene rings is 1. The highest BCUT2D eigenvalue weighted by molar-refractivity contribution is 6.15. The van der Waals surface area contributed by atoms with Crippen molar-refractivity contribution >= 4 is 29.4 Å². The fourth-order valence-electron chi connectivity index (χ4n) is 3.30. The zero-order valence-corrected chi connectivity index (χ0v) is 18.9. The maximum atomic E-state index is 14.6. The van der Waals surface area contributed by atoms with E-state index in [-0.39, 0.29) is 11.3 Å². The number of piperazine rings is 1. The molecule has 2 aliphatic heterocycles. The summed E-state index contributed by atoms with van der Waals surface area (Å²) < 4.78 is 30.1. The van der Waals surface area contributed by atoms with E-state index in [1.165, 1.54) is 19.9 Å². The summed E-state index contributed by atoms with van der Waals surface area (Å²) in [7, 11) is 0. The van der Waals surface area contributed by atoms with Crippen molar-refractivity contribution < 1.29 is 33.0 Å². The Balaban J connectivity index is 1.73. The van der Waals surface area contributed by atoms with Crippen LogP contribution in [0.1, 0.15) is 34.6 Å². The van der Waals surface area contributed by atoms with Crippen LogP contribution in [-0.4, -0.2) is 60.5 Å². The van der Waals surface area contributed by atoms with Gasteiger partial charge in [-0.2, -0.15) is 0 Å². The number of nitrogens with one attached hydrogen (secondary N) is 1. The first-order chi connectivity index (χ1) is 14.9. The molecule has 174 valence electrons. The largest absolute Gasteiger partial charge is 0.444 e. The maximum absolute atomic E-state index is 14.6. The molecule has 0 atom stereocenters. The highest BCUT2D eigenvalue weighted by Gasteiger charge is 2.39. The fourth-order valence-corrected chi connectivity index (χ4v) is 3.30. The number of para-hydroxylation sites is 1. The third-order valence-electron chi connectivity index (χ3n) is 4.74. The van der Waals surface area contributed by atoms with Crippen LogP contribution in [0.15, 0.2) is 30.0 Å². The van der Waals surface area contributed by atoms with Crippen LogP contribution in [0, 0.1) is 5.82 Å². The SMILES string of the molecule is CC(C)(C)OC(=O)N1CCN(c2cccc(F)c2NC=C2C(=O)OC(C)(C)OC2=O)CC1. The zero-order valence-electron chi connectivity index (χ0n) is 18.9. The number of esters is 2. The molecule has 32 heavy (non-hydrogen) atoms. The van der Waals surface area contributed by atoms with E-state index >= 15 is 0 Å². The van der Waals surface area contributed by atoms with Gasteiger partial charge in [-0.3, -0.25) is 0 Å². The third kappa shape index (κ3) is 5.49. The second kappa shape index (κ2) is 8.68. The number of cyclic esters (lactones) is 2. The number of hydrogen-bond acceptors (Lipinski definition) is 8. The van der Waals surface area contributed by atoms with Gasteiger partial charge in [-0.1, -0.05) is 6.07 Å². The number of nitrogens with zero attached hydrogens (tertiary/aromatic N) is 2. The van der Waals surface area contributed by atoms with Crippen molar-refractivity contribution in [2.75, 3.05) is 36.4 Å². The fraction of sp³-hybridized carbons (Fsp3) is 0.500. The molecular formula is C22H28FN3O6. The van der Waals surface area contributed by atoms with Gasteiger partial charge in [0.2, 0.25) is 0 Å². The Morgan fingerprint density at radius 1 is 1.12 bits per heavy atom. The Bertz CT molecular complexity index is 923. The van der Waals surface area contributed by atoms with Crippen molar-refractivity contribution in [3.05, 3.63) is 35.8 Å². The lowest BCUT2D eigenvalue weighted by Crippen LogP contribution is -2.50.